The number of imide groups is 1. The van der Waals surface area contributed by atoms with Crippen molar-refractivity contribution in [3.63, 3.8) is 0 Å². The van der Waals surface area contributed by atoms with E-state index in [1.807, 2.05) is 6.92 Å². The number of nitrogens with zero attached hydrogens (tertiary/aromatic N) is 1. The molecule has 8 heteroatoms. The van der Waals surface area contributed by atoms with Crippen LogP contribution in [0.4, 0.5) is 5.69 Å². The van der Waals surface area contributed by atoms with Gasteiger partial charge in [-0.25, -0.2) is 0 Å². The molecule has 2 aliphatic rings. The van der Waals surface area contributed by atoms with Crippen LogP contribution in [-0.2, 0) is 4.79 Å². The first-order valence-corrected chi connectivity index (χ1v) is 8.63. The maximum Gasteiger partial charge on any atom is 0.262 e. The predicted octanol–water partition coefficient (Wildman–Crippen LogP) is 3.00. The van der Waals surface area contributed by atoms with Gasteiger partial charge in [0.2, 0.25) is 12.7 Å². The number of halogens is 1. The Hall–Kier alpha value is -3.06. The molecule has 0 aliphatic carbocycles. The number of nitrogens with one attached hydrogen (secondary N) is 1. The second-order valence-corrected chi connectivity index (χ2v) is 6.79. The summed E-state index contributed by atoms with van der Waals surface area (Å²) < 4.78 is 10.5. The highest BCUT2D eigenvalue weighted by Crippen LogP contribution is 2.39. The molecule has 1 atom stereocenters. The van der Waals surface area contributed by atoms with Crippen LogP contribution >= 0.6 is 11.6 Å². The molecule has 0 radical (unpaired) electrons. The van der Waals surface area contributed by atoms with E-state index in [9.17, 15) is 14.4 Å². The van der Waals surface area contributed by atoms with Crippen LogP contribution in [0.25, 0.3) is 0 Å². The van der Waals surface area contributed by atoms with E-state index < -0.39 is 23.8 Å². The minimum absolute atomic E-state index is 0.0773. The fourth-order valence-corrected chi connectivity index (χ4v) is 3.29. The van der Waals surface area contributed by atoms with Crippen LogP contribution in [0.1, 0.15) is 33.2 Å². The first-order chi connectivity index (χ1) is 12.9. The van der Waals surface area contributed by atoms with E-state index >= 15 is 0 Å². The molecule has 2 aliphatic heterocycles. The minimum Gasteiger partial charge on any atom is -0.454 e. The molecule has 1 N–H and O–H groups in total. The second kappa shape index (κ2) is 6.28. The summed E-state index contributed by atoms with van der Waals surface area (Å²) in [6.07, 6.45) is 0. The fourth-order valence-electron chi connectivity index (χ4n) is 3.09. The second-order valence-electron chi connectivity index (χ2n) is 6.38. The predicted molar refractivity (Wildman–Crippen MR) is 97.3 cm³/mol. The lowest BCUT2D eigenvalue weighted by Gasteiger charge is -2.22. The molecule has 2 aromatic rings. The maximum absolute atomic E-state index is 12.7. The molecule has 0 spiro atoms. The Morgan fingerprint density at radius 1 is 1.11 bits per heavy atom. The van der Waals surface area contributed by atoms with E-state index in [1.165, 1.54) is 13.0 Å². The topological polar surface area (TPSA) is 84.9 Å². The molecule has 0 saturated carbocycles. The molecule has 7 nitrogen and oxygen atoms in total. The lowest BCUT2D eigenvalue weighted by atomic mass is 10.1. The first kappa shape index (κ1) is 17.4. The van der Waals surface area contributed by atoms with Crippen molar-refractivity contribution in [3.8, 4) is 11.5 Å². The molecular formula is C19H15ClN2O5. The fraction of sp³-hybridized carbons (Fsp3) is 0.211. The van der Waals surface area contributed by atoms with E-state index in [0.717, 1.165) is 10.5 Å². The van der Waals surface area contributed by atoms with Crippen molar-refractivity contribution in [1.82, 2.24) is 4.90 Å². The van der Waals surface area contributed by atoms with E-state index in [1.54, 1.807) is 24.3 Å². The smallest absolute Gasteiger partial charge is 0.262 e. The van der Waals surface area contributed by atoms with Crippen LogP contribution in [0.5, 0.6) is 11.5 Å². The zero-order valence-corrected chi connectivity index (χ0v) is 15.3. The minimum atomic E-state index is -1.01. The van der Waals surface area contributed by atoms with Gasteiger partial charge in [0.25, 0.3) is 11.8 Å². The number of benzene rings is 2. The van der Waals surface area contributed by atoms with Gasteiger partial charge in [-0.15, -0.1) is 0 Å². The van der Waals surface area contributed by atoms with E-state index in [-0.39, 0.29) is 11.8 Å². The van der Waals surface area contributed by atoms with Crippen LogP contribution in [0.15, 0.2) is 30.3 Å². The molecule has 2 aromatic carbocycles. The van der Waals surface area contributed by atoms with Crippen LogP contribution < -0.4 is 14.8 Å². The molecule has 0 unspecified atom stereocenters. The molecule has 4 rings (SSSR count). The molecule has 138 valence electrons. The molecule has 3 amide bonds. The number of hydrogen-bond acceptors (Lipinski definition) is 5. The van der Waals surface area contributed by atoms with Gasteiger partial charge in [0.05, 0.1) is 21.8 Å². The lowest BCUT2D eigenvalue weighted by Crippen LogP contribution is -2.45. The summed E-state index contributed by atoms with van der Waals surface area (Å²) in [4.78, 5) is 38.9. The van der Waals surface area contributed by atoms with Crippen molar-refractivity contribution < 1.29 is 23.9 Å². The summed E-state index contributed by atoms with van der Waals surface area (Å²) in [5.74, 6) is -0.574. The van der Waals surface area contributed by atoms with Gasteiger partial charge in [-0.3, -0.25) is 19.3 Å². The molecule has 0 fully saturated rings. The Balaban J connectivity index is 1.57. The summed E-state index contributed by atoms with van der Waals surface area (Å²) >= 11 is 6.17. The van der Waals surface area contributed by atoms with Gasteiger partial charge >= 0.3 is 0 Å². The number of rotatable bonds is 3. The van der Waals surface area contributed by atoms with Gasteiger partial charge in [-0.1, -0.05) is 23.2 Å². The Morgan fingerprint density at radius 3 is 2.52 bits per heavy atom. The zero-order valence-electron chi connectivity index (χ0n) is 14.5. The highest BCUT2D eigenvalue weighted by Gasteiger charge is 2.41. The van der Waals surface area contributed by atoms with Gasteiger partial charge < -0.3 is 14.8 Å². The molecule has 27 heavy (non-hydrogen) atoms. The van der Waals surface area contributed by atoms with E-state index in [2.05, 4.69) is 5.32 Å². The van der Waals surface area contributed by atoms with Crippen molar-refractivity contribution in [2.45, 2.75) is 19.9 Å². The van der Waals surface area contributed by atoms with Gasteiger partial charge in [-0.2, -0.15) is 0 Å². The van der Waals surface area contributed by atoms with Crippen molar-refractivity contribution in [1.29, 1.82) is 0 Å². The number of hydrogen-bond donors (Lipinski definition) is 1. The van der Waals surface area contributed by atoms with Gasteiger partial charge in [0.15, 0.2) is 11.5 Å². The maximum atomic E-state index is 12.7. The number of anilines is 1. The molecule has 2 heterocycles. The van der Waals surface area contributed by atoms with Crippen LogP contribution in [0.2, 0.25) is 5.02 Å². The highest BCUT2D eigenvalue weighted by molar-refractivity contribution is 6.34. The largest absolute Gasteiger partial charge is 0.454 e. The summed E-state index contributed by atoms with van der Waals surface area (Å²) in [6, 6.07) is 7.07. The van der Waals surface area contributed by atoms with Gasteiger partial charge in [0, 0.05) is 12.1 Å². The van der Waals surface area contributed by atoms with Gasteiger partial charge in [0.1, 0.15) is 6.04 Å². The zero-order chi connectivity index (χ0) is 19.3. The van der Waals surface area contributed by atoms with Gasteiger partial charge in [-0.05, 0) is 26.0 Å². The number of amides is 3. The van der Waals surface area contributed by atoms with E-state index in [4.69, 9.17) is 21.1 Å². The first-order valence-electron chi connectivity index (χ1n) is 8.25. The summed E-state index contributed by atoms with van der Waals surface area (Å²) in [5, 5.41) is 2.91. The number of carbonyl (C=O) groups is 3. The third kappa shape index (κ3) is 2.80. The normalized spacial score (nSPS) is 15.7. The standard InChI is InChI=1S/C19H15ClN2O5/c1-9-3-4-11-12(5-9)19(25)22(18(11)24)10(2)17(23)21-14-7-16-15(6-13(14)20)26-8-27-16/h3-7,10H,8H2,1-2H3,(H,21,23)/t10-/m1/s1. The SMILES string of the molecule is Cc1ccc2c(c1)C(=O)N([C@H](C)C(=O)Nc1cc3c(cc1Cl)OCO3)C2=O. The monoisotopic (exact) mass is 386 g/mol. The highest BCUT2D eigenvalue weighted by atomic mass is 35.5. The van der Waals surface area contributed by atoms with Crippen LogP contribution in [0, 0.1) is 6.92 Å². The molecule has 0 saturated heterocycles. The molecular weight excluding hydrogens is 372 g/mol. The van der Waals surface area contributed by atoms with E-state index in [0.29, 0.717) is 28.3 Å². The average Bonchev–Trinajstić information content (AvgIpc) is 3.17. The Kier molecular flexibility index (Phi) is 4.04. The number of fused-ring (bicyclic) bond motifs is 2. The Labute approximate surface area is 159 Å². The number of aryl methyl sites for hydroxylation is 1. The summed E-state index contributed by atoms with van der Waals surface area (Å²) in [7, 11) is 0. The van der Waals surface area contributed by atoms with Crippen LogP contribution in [0.3, 0.4) is 0 Å². The summed E-state index contributed by atoms with van der Waals surface area (Å²) in [6.45, 7) is 3.40. The third-order valence-electron chi connectivity index (χ3n) is 4.56. The summed E-state index contributed by atoms with van der Waals surface area (Å²) in [5.41, 5.74) is 1.78. The van der Waals surface area contributed by atoms with Crippen molar-refractivity contribution in [2.24, 2.45) is 0 Å². The number of ether oxygens (including phenoxy) is 2. The van der Waals surface area contributed by atoms with Crippen LogP contribution in [-0.4, -0.2) is 35.5 Å². The average molecular weight is 387 g/mol. The third-order valence-corrected chi connectivity index (χ3v) is 4.87. The lowest BCUT2D eigenvalue weighted by molar-refractivity contribution is -0.119. The Morgan fingerprint density at radius 2 is 1.78 bits per heavy atom. The van der Waals surface area contributed by atoms with Crippen molar-refractivity contribution in [3.05, 3.63) is 52.0 Å². The number of carbonyl (C=O) groups excluding carboxylic acids is 3. The Bertz CT molecular complexity index is 1000. The van der Waals surface area contributed by atoms with Crippen molar-refractivity contribution in [2.75, 3.05) is 12.1 Å². The van der Waals surface area contributed by atoms with Crippen molar-refractivity contribution >= 4 is 35.0 Å². The molecule has 0 bridgehead atoms. The quantitative estimate of drug-likeness (QED) is 0.820. The molecule has 0 aromatic heterocycles.